The maximum atomic E-state index is 6.00. The molecule has 0 radical (unpaired) electrons. The number of nitrogens with one attached hydrogen (secondary N) is 1. The van der Waals surface area contributed by atoms with Crippen LogP contribution in [-0.4, -0.2) is 37.2 Å². The molecule has 1 N–H and O–H groups in total. The first kappa shape index (κ1) is 15.3. The Balaban J connectivity index is 1.78. The highest BCUT2D eigenvalue weighted by Gasteiger charge is 2.27. The summed E-state index contributed by atoms with van der Waals surface area (Å²) in [6.07, 6.45) is 3.90. The van der Waals surface area contributed by atoms with Gasteiger partial charge in [0.2, 0.25) is 0 Å². The van der Waals surface area contributed by atoms with E-state index in [9.17, 15) is 0 Å². The molecule has 1 aliphatic carbocycles. The van der Waals surface area contributed by atoms with Gasteiger partial charge in [0.15, 0.2) is 0 Å². The van der Waals surface area contributed by atoms with Gasteiger partial charge in [-0.25, -0.2) is 0 Å². The van der Waals surface area contributed by atoms with Crippen LogP contribution >= 0.6 is 0 Å². The third-order valence-corrected chi connectivity index (χ3v) is 3.82. The molecule has 0 amide bonds. The molecule has 0 unspecified atom stereocenters. The van der Waals surface area contributed by atoms with Gasteiger partial charge in [-0.3, -0.25) is 4.90 Å². The van der Waals surface area contributed by atoms with Gasteiger partial charge >= 0.3 is 0 Å². The van der Waals surface area contributed by atoms with E-state index in [-0.39, 0.29) is 0 Å². The maximum Gasteiger partial charge on any atom is 0.123 e. The fourth-order valence-electron chi connectivity index (χ4n) is 2.50. The van der Waals surface area contributed by atoms with E-state index in [2.05, 4.69) is 48.3 Å². The minimum Gasteiger partial charge on any atom is -0.492 e. The molecular formula is C17H28N2O. The molecule has 2 rings (SSSR count). The Morgan fingerprint density at radius 1 is 1.25 bits per heavy atom. The predicted octanol–water partition coefficient (Wildman–Crippen LogP) is 3.05. The average molecular weight is 276 g/mol. The molecule has 1 saturated carbocycles. The minimum atomic E-state index is 0.787. The van der Waals surface area contributed by atoms with Crippen molar-refractivity contribution in [2.24, 2.45) is 0 Å². The standard InChI is InChI=1S/C17H28N2O/c1-3-11-18-14-15-7-5-6-8-17(15)20-13-12-19(4-2)16-9-10-16/h5-8,16,18H,3-4,9-14H2,1-2H3. The maximum absolute atomic E-state index is 6.00. The zero-order valence-corrected chi connectivity index (χ0v) is 12.9. The Bertz CT molecular complexity index is 390. The van der Waals surface area contributed by atoms with Crippen LogP contribution in [0.25, 0.3) is 0 Å². The third kappa shape index (κ3) is 4.80. The van der Waals surface area contributed by atoms with Gasteiger partial charge in [-0.1, -0.05) is 32.0 Å². The Hall–Kier alpha value is -1.06. The van der Waals surface area contributed by atoms with Crippen LogP contribution in [0.5, 0.6) is 5.75 Å². The summed E-state index contributed by atoms with van der Waals surface area (Å²) in [4.78, 5) is 2.53. The van der Waals surface area contributed by atoms with Crippen molar-refractivity contribution in [2.75, 3.05) is 26.2 Å². The SMILES string of the molecule is CCCNCc1ccccc1OCCN(CC)C1CC1. The molecule has 0 saturated heterocycles. The van der Waals surface area contributed by atoms with Gasteiger partial charge in [-0.2, -0.15) is 0 Å². The lowest BCUT2D eigenvalue weighted by Crippen LogP contribution is -2.30. The van der Waals surface area contributed by atoms with E-state index in [1.165, 1.54) is 18.4 Å². The van der Waals surface area contributed by atoms with Crippen LogP contribution in [-0.2, 0) is 6.54 Å². The van der Waals surface area contributed by atoms with E-state index in [0.717, 1.165) is 51.0 Å². The number of hydrogen-bond acceptors (Lipinski definition) is 3. The zero-order chi connectivity index (χ0) is 14.2. The summed E-state index contributed by atoms with van der Waals surface area (Å²) in [5, 5.41) is 3.44. The van der Waals surface area contributed by atoms with Gasteiger partial charge < -0.3 is 10.1 Å². The molecule has 20 heavy (non-hydrogen) atoms. The first-order valence-electron chi connectivity index (χ1n) is 8.00. The second-order valence-electron chi connectivity index (χ2n) is 5.49. The second kappa shape index (κ2) is 8.28. The van der Waals surface area contributed by atoms with Gasteiger partial charge in [-0.15, -0.1) is 0 Å². The molecule has 3 heteroatoms. The molecule has 1 aliphatic rings. The number of rotatable bonds is 10. The molecule has 0 aromatic heterocycles. The van der Waals surface area contributed by atoms with Crippen molar-refractivity contribution in [1.82, 2.24) is 10.2 Å². The molecule has 1 aromatic rings. The Kier molecular flexibility index (Phi) is 6.34. The molecule has 0 aliphatic heterocycles. The highest BCUT2D eigenvalue weighted by atomic mass is 16.5. The molecule has 0 heterocycles. The van der Waals surface area contributed by atoms with E-state index < -0.39 is 0 Å². The van der Waals surface area contributed by atoms with Crippen molar-refractivity contribution in [3.05, 3.63) is 29.8 Å². The molecule has 0 spiro atoms. The lowest BCUT2D eigenvalue weighted by atomic mass is 10.2. The molecule has 3 nitrogen and oxygen atoms in total. The summed E-state index contributed by atoms with van der Waals surface area (Å²) in [5.41, 5.74) is 1.26. The highest BCUT2D eigenvalue weighted by Crippen LogP contribution is 2.26. The summed E-state index contributed by atoms with van der Waals surface area (Å²) in [7, 11) is 0. The minimum absolute atomic E-state index is 0.787. The van der Waals surface area contributed by atoms with Crippen LogP contribution in [0, 0.1) is 0 Å². The van der Waals surface area contributed by atoms with Crippen LogP contribution in [0.4, 0.5) is 0 Å². The van der Waals surface area contributed by atoms with Crippen molar-refractivity contribution in [3.63, 3.8) is 0 Å². The number of hydrogen-bond donors (Lipinski definition) is 1. The predicted molar refractivity (Wildman–Crippen MR) is 84.2 cm³/mol. The molecule has 112 valence electrons. The van der Waals surface area contributed by atoms with Crippen molar-refractivity contribution in [2.45, 2.75) is 45.7 Å². The van der Waals surface area contributed by atoms with Crippen molar-refractivity contribution in [1.29, 1.82) is 0 Å². The van der Waals surface area contributed by atoms with Gasteiger partial charge in [0, 0.05) is 24.7 Å². The Labute approximate surface area is 123 Å². The second-order valence-corrected chi connectivity index (χ2v) is 5.49. The van der Waals surface area contributed by atoms with E-state index in [4.69, 9.17) is 4.74 Å². The number of ether oxygens (including phenoxy) is 1. The first-order chi connectivity index (χ1) is 9.85. The molecule has 1 fully saturated rings. The summed E-state index contributed by atoms with van der Waals surface area (Å²) >= 11 is 0. The van der Waals surface area contributed by atoms with Crippen LogP contribution in [0.1, 0.15) is 38.7 Å². The van der Waals surface area contributed by atoms with Crippen LogP contribution in [0.2, 0.25) is 0 Å². The average Bonchev–Trinajstić information content (AvgIpc) is 3.30. The van der Waals surface area contributed by atoms with E-state index in [1.807, 2.05) is 0 Å². The molecular weight excluding hydrogens is 248 g/mol. The zero-order valence-electron chi connectivity index (χ0n) is 12.9. The van der Waals surface area contributed by atoms with E-state index >= 15 is 0 Å². The van der Waals surface area contributed by atoms with E-state index in [1.54, 1.807) is 0 Å². The summed E-state index contributed by atoms with van der Waals surface area (Å²) in [6.45, 7) is 9.33. The Morgan fingerprint density at radius 2 is 2.05 bits per heavy atom. The topological polar surface area (TPSA) is 24.5 Å². The Morgan fingerprint density at radius 3 is 2.75 bits per heavy atom. The van der Waals surface area contributed by atoms with Gasteiger partial charge in [0.1, 0.15) is 12.4 Å². The van der Waals surface area contributed by atoms with Crippen molar-refractivity contribution >= 4 is 0 Å². The number of likely N-dealkylation sites (N-methyl/N-ethyl adjacent to an activating group) is 1. The normalized spacial score (nSPS) is 14.8. The number of nitrogens with zero attached hydrogens (tertiary/aromatic N) is 1. The molecule has 0 bridgehead atoms. The lowest BCUT2D eigenvalue weighted by molar-refractivity contribution is 0.208. The summed E-state index contributed by atoms with van der Waals surface area (Å²) in [6, 6.07) is 9.19. The smallest absolute Gasteiger partial charge is 0.123 e. The van der Waals surface area contributed by atoms with Gasteiger partial charge in [-0.05, 0) is 38.4 Å². The monoisotopic (exact) mass is 276 g/mol. The summed E-state index contributed by atoms with van der Waals surface area (Å²) < 4.78 is 6.00. The fourth-order valence-corrected chi connectivity index (χ4v) is 2.50. The largest absolute Gasteiger partial charge is 0.492 e. The molecule has 0 atom stereocenters. The third-order valence-electron chi connectivity index (χ3n) is 3.82. The fraction of sp³-hybridized carbons (Fsp3) is 0.647. The van der Waals surface area contributed by atoms with Crippen LogP contribution < -0.4 is 10.1 Å². The van der Waals surface area contributed by atoms with Crippen molar-refractivity contribution in [3.8, 4) is 5.75 Å². The number of para-hydroxylation sites is 1. The lowest BCUT2D eigenvalue weighted by Gasteiger charge is -2.20. The van der Waals surface area contributed by atoms with Crippen LogP contribution in [0.15, 0.2) is 24.3 Å². The van der Waals surface area contributed by atoms with Crippen LogP contribution in [0.3, 0.4) is 0 Å². The highest BCUT2D eigenvalue weighted by molar-refractivity contribution is 5.33. The quantitative estimate of drug-likeness (QED) is 0.665. The first-order valence-corrected chi connectivity index (χ1v) is 8.00. The van der Waals surface area contributed by atoms with Crippen molar-refractivity contribution < 1.29 is 4.74 Å². The summed E-state index contributed by atoms with van der Waals surface area (Å²) in [5.74, 6) is 1.03. The molecule has 1 aromatic carbocycles. The van der Waals surface area contributed by atoms with Gasteiger partial charge in [0.25, 0.3) is 0 Å². The van der Waals surface area contributed by atoms with E-state index in [0.29, 0.717) is 0 Å². The van der Waals surface area contributed by atoms with Gasteiger partial charge in [0.05, 0.1) is 0 Å². The number of benzene rings is 1.